The van der Waals surface area contributed by atoms with Crippen LogP contribution in [-0.4, -0.2) is 30.6 Å². The number of esters is 1. The number of ether oxygens (including phenoxy) is 2. The van der Waals surface area contributed by atoms with Gasteiger partial charge in [-0.2, -0.15) is 0 Å². The summed E-state index contributed by atoms with van der Waals surface area (Å²) in [4.78, 5) is 28.2. The second-order valence-corrected chi connectivity index (χ2v) is 6.75. The molecule has 1 amide bonds. The lowest BCUT2D eigenvalue weighted by Gasteiger charge is -2.05. The predicted molar refractivity (Wildman–Crippen MR) is 101 cm³/mol. The number of amides is 1. The van der Waals surface area contributed by atoms with E-state index in [-0.39, 0.29) is 13.0 Å². The van der Waals surface area contributed by atoms with Crippen LogP contribution in [0.5, 0.6) is 5.75 Å². The van der Waals surface area contributed by atoms with E-state index in [0.717, 1.165) is 21.3 Å². The Labute approximate surface area is 154 Å². The minimum Gasteiger partial charge on any atom is -0.497 e. The van der Waals surface area contributed by atoms with Crippen molar-refractivity contribution in [2.45, 2.75) is 13.3 Å². The SMILES string of the molecule is COc1ccc(CC(=O)OCC(=O)Nc2nc3ccc(C)cc3s2)cc1. The zero-order valence-electron chi connectivity index (χ0n) is 14.4. The lowest BCUT2D eigenvalue weighted by Crippen LogP contribution is -2.21. The van der Waals surface area contributed by atoms with Gasteiger partial charge in [0.05, 0.1) is 23.7 Å². The molecule has 0 unspecified atom stereocenters. The van der Waals surface area contributed by atoms with Crippen LogP contribution in [0.15, 0.2) is 42.5 Å². The van der Waals surface area contributed by atoms with Gasteiger partial charge in [0.25, 0.3) is 5.91 Å². The highest BCUT2D eigenvalue weighted by Gasteiger charge is 2.11. The molecule has 7 heteroatoms. The van der Waals surface area contributed by atoms with E-state index in [1.54, 1.807) is 31.4 Å². The number of carbonyl (C=O) groups is 2. The van der Waals surface area contributed by atoms with Gasteiger partial charge in [-0.1, -0.05) is 29.5 Å². The monoisotopic (exact) mass is 370 g/mol. The Morgan fingerprint density at radius 1 is 1.15 bits per heavy atom. The van der Waals surface area contributed by atoms with E-state index in [4.69, 9.17) is 9.47 Å². The predicted octanol–water partition coefficient (Wildman–Crippen LogP) is 3.34. The number of anilines is 1. The van der Waals surface area contributed by atoms with E-state index in [1.165, 1.54) is 11.3 Å². The summed E-state index contributed by atoms with van der Waals surface area (Å²) in [5.41, 5.74) is 2.75. The molecular formula is C19H18N2O4S. The number of nitrogens with zero attached hydrogens (tertiary/aromatic N) is 1. The number of methoxy groups -OCH3 is 1. The van der Waals surface area contributed by atoms with E-state index < -0.39 is 11.9 Å². The van der Waals surface area contributed by atoms with E-state index in [0.29, 0.717) is 10.9 Å². The average molecular weight is 370 g/mol. The fraction of sp³-hybridized carbons (Fsp3) is 0.211. The van der Waals surface area contributed by atoms with Crippen molar-refractivity contribution in [3.8, 4) is 5.75 Å². The van der Waals surface area contributed by atoms with Crippen molar-refractivity contribution in [1.82, 2.24) is 4.98 Å². The van der Waals surface area contributed by atoms with Crippen molar-refractivity contribution < 1.29 is 19.1 Å². The summed E-state index contributed by atoms with van der Waals surface area (Å²) in [6.45, 7) is 1.66. The first-order valence-corrected chi connectivity index (χ1v) is 8.81. The number of hydrogen-bond donors (Lipinski definition) is 1. The first-order chi connectivity index (χ1) is 12.5. The number of benzene rings is 2. The second-order valence-electron chi connectivity index (χ2n) is 5.72. The van der Waals surface area contributed by atoms with Crippen LogP contribution in [-0.2, 0) is 20.7 Å². The summed E-state index contributed by atoms with van der Waals surface area (Å²) < 4.78 is 11.1. The van der Waals surface area contributed by atoms with Gasteiger partial charge in [0.1, 0.15) is 5.75 Å². The van der Waals surface area contributed by atoms with Crippen molar-refractivity contribution in [2.75, 3.05) is 19.0 Å². The smallest absolute Gasteiger partial charge is 0.310 e. The number of hydrogen-bond acceptors (Lipinski definition) is 6. The normalized spacial score (nSPS) is 10.5. The van der Waals surface area contributed by atoms with E-state index in [1.807, 2.05) is 25.1 Å². The molecule has 0 radical (unpaired) electrons. The molecule has 134 valence electrons. The highest BCUT2D eigenvalue weighted by atomic mass is 32.1. The molecule has 2 aromatic carbocycles. The molecule has 0 saturated carbocycles. The van der Waals surface area contributed by atoms with Gasteiger partial charge in [-0.25, -0.2) is 4.98 Å². The molecule has 6 nitrogen and oxygen atoms in total. The summed E-state index contributed by atoms with van der Waals surface area (Å²) in [6, 6.07) is 13.0. The van der Waals surface area contributed by atoms with Crippen LogP contribution in [0, 0.1) is 6.92 Å². The van der Waals surface area contributed by atoms with Gasteiger partial charge in [0.2, 0.25) is 0 Å². The summed E-state index contributed by atoms with van der Waals surface area (Å²) in [6.07, 6.45) is 0.0949. The van der Waals surface area contributed by atoms with Crippen LogP contribution in [0.3, 0.4) is 0 Å². The molecule has 1 heterocycles. The highest BCUT2D eigenvalue weighted by molar-refractivity contribution is 7.22. The zero-order chi connectivity index (χ0) is 18.5. The number of carbonyl (C=O) groups excluding carboxylic acids is 2. The van der Waals surface area contributed by atoms with Crippen LogP contribution < -0.4 is 10.1 Å². The molecular weight excluding hydrogens is 352 g/mol. The molecule has 0 aliphatic rings. The Morgan fingerprint density at radius 3 is 2.65 bits per heavy atom. The average Bonchev–Trinajstić information content (AvgIpc) is 3.02. The van der Waals surface area contributed by atoms with Crippen molar-refractivity contribution in [2.24, 2.45) is 0 Å². The van der Waals surface area contributed by atoms with Crippen molar-refractivity contribution >= 4 is 38.6 Å². The van der Waals surface area contributed by atoms with Crippen molar-refractivity contribution in [3.63, 3.8) is 0 Å². The highest BCUT2D eigenvalue weighted by Crippen LogP contribution is 2.26. The fourth-order valence-electron chi connectivity index (χ4n) is 2.35. The van der Waals surface area contributed by atoms with E-state index in [9.17, 15) is 9.59 Å². The maximum Gasteiger partial charge on any atom is 0.310 e. The van der Waals surface area contributed by atoms with Gasteiger partial charge in [-0.15, -0.1) is 0 Å². The minimum atomic E-state index is -0.467. The number of fused-ring (bicyclic) bond motifs is 1. The summed E-state index contributed by atoms with van der Waals surface area (Å²) in [5, 5.41) is 3.15. The van der Waals surface area contributed by atoms with Crippen LogP contribution in [0.2, 0.25) is 0 Å². The lowest BCUT2D eigenvalue weighted by molar-refractivity contribution is -0.146. The Kier molecular flexibility index (Phi) is 5.48. The molecule has 0 saturated heterocycles. The molecule has 1 aromatic heterocycles. The van der Waals surface area contributed by atoms with Crippen LogP contribution in [0.25, 0.3) is 10.2 Å². The number of rotatable bonds is 6. The largest absolute Gasteiger partial charge is 0.497 e. The summed E-state index contributed by atoms with van der Waals surface area (Å²) in [7, 11) is 1.58. The van der Waals surface area contributed by atoms with Gasteiger partial charge in [0, 0.05) is 0 Å². The summed E-state index contributed by atoms with van der Waals surface area (Å²) >= 11 is 1.38. The van der Waals surface area contributed by atoms with Gasteiger partial charge < -0.3 is 9.47 Å². The fourth-order valence-corrected chi connectivity index (χ4v) is 3.33. The standard InChI is InChI=1S/C19H18N2O4S/c1-12-3-8-15-16(9-12)26-19(20-15)21-17(22)11-25-18(23)10-13-4-6-14(24-2)7-5-13/h3-9H,10-11H2,1-2H3,(H,20,21,22). The zero-order valence-corrected chi connectivity index (χ0v) is 15.3. The molecule has 1 N–H and O–H groups in total. The molecule has 0 bridgehead atoms. The van der Waals surface area contributed by atoms with Crippen LogP contribution in [0.1, 0.15) is 11.1 Å². The van der Waals surface area contributed by atoms with Gasteiger partial charge >= 0.3 is 5.97 Å². The van der Waals surface area contributed by atoms with Gasteiger partial charge in [0.15, 0.2) is 11.7 Å². The summed E-state index contributed by atoms with van der Waals surface area (Å²) in [5.74, 6) is -0.165. The number of aromatic nitrogens is 1. The third-order valence-corrected chi connectivity index (χ3v) is 4.60. The van der Waals surface area contributed by atoms with E-state index >= 15 is 0 Å². The molecule has 3 aromatic rings. The van der Waals surface area contributed by atoms with Crippen molar-refractivity contribution in [1.29, 1.82) is 0 Å². The molecule has 3 rings (SSSR count). The molecule has 0 atom stereocenters. The first-order valence-electron chi connectivity index (χ1n) is 7.99. The lowest BCUT2D eigenvalue weighted by atomic mass is 10.1. The van der Waals surface area contributed by atoms with Gasteiger partial charge in [-0.05, 0) is 42.3 Å². The van der Waals surface area contributed by atoms with E-state index in [2.05, 4.69) is 10.3 Å². The maximum atomic E-state index is 12.0. The molecule has 26 heavy (non-hydrogen) atoms. The number of nitrogens with one attached hydrogen (secondary N) is 1. The van der Waals surface area contributed by atoms with Crippen molar-refractivity contribution in [3.05, 3.63) is 53.6 Å². The van der Waals surface area contributed by atoms with Gasteiger partial charge in [-0.3, -0.25) is 14.9 Å². The maximum absolute atomic E-state index is 12.0. The Bertz CT molecular complexity index is 934. The molecule has 0 spiro atoms. The molecule has 0 fully saturated rings. The first kappa shape index (κ1) is 17.9. The van der Waals surface area contributed by atoms with Crippen LogP contribution in [0.4, 0.5) is 5.13 Å². The molecule has 0 aliphatic heterocycles. The topological polar surface area (TPSA) is 77.5 Å². The third kappa shape index (κ3) is 4.58. The Hall–Kier alpha value is -2.93. The van der Waals surface area contributed by atoms with Crippen LogP contribution >= 0.6 is 11.3 Å². The number of thiazole rings is 1. The Morgan fingerprint density at radius 2 is 1.92 bits per heavy atom. The Balaban J connectivity index is 1.50. The second kappa shape index (κ2) is 7.97. The third-order valence-electron chi connectivity index (χ3n) is 3.66. The minimum absolute atomic E-state index is 0.0949. The quantitative estimate of drug-likeness (QED) is 0.674. The number of aryl methyl sites for hydroxylation is 1. The molecule has 0 aliphatic carbocycles.